The Morgan fingerprint density at radius 2 is 1.31 bits per heavy atom. The van der Waals surface area contributed by atoms with Gasteiger partial charge in [0.25, 0.3) is 0 Å². The average Bonchev–Trinajstić information content (AvgIpc) is 2.30. The SMILES string of the molecule is NC(N=C=O)c1ccccc1C(N)N=C=O. The summed E-state index contributed by atoms with van der Waals surface area (Å²) in [7, 11) is 0. The topological polar surface area (TPSA) is 111 Å². The van der Waals surface area contributed by atoms with Gasteiger partial charge in [0.05, 0.1) is 0 Å². The van der Waals surface area contributed by atoms with E-state index < -0.39 is 12.3 Å². The fourth-order valence-corrected chi connectivity index (χ4v) is 1.30. The molecule has 6 heteroatoms. The first kappa shape index (κ1) is 12.0. The number of hydrogen-bond acceptors (Lipinski definition) is 6. The maximum absolute atomic E-state index is 10.1. The summed E-state index contributed by atoms with van der Waals surface area (Å²) in [6.45, 7) is 0. The fraction of sp³-hybridized carbons (Fsp3) is 0.200. The van der Waals surface area contributed by atoms with Crippen LogP contribution in [-0.2, 0) is 9.59 Å². The molecule has 4 N–H and O–H groups in total. The van der Waals surface area contributed by atoms with Crippen LogP contribution in [0.2, 0.25) is 0 Å². The third-order valence-corrected chi connectivity index (χ3v) is 2.02. The number of hydrogen-bond donors (Lipinski definition) is 2. The zero-order valence-electron chi connectivity index (χ0n) is 8.33. The highest BCUT2D eigenvalue weighted by molar-refractivity contribution is 5.40. The summed E-state index contributed by atoms with van der Waals surface area (Å²) in [6, 6.07) is 6.74. The minimum Gasteiger partial charge on any atom is -0.305 e. The lowest BCUT2D eigenvalue weighted by atomic mass is 10.0. The molecule has 0 aromatic heterocycles. The van der Waals surface area contributed by atoms with Crippen LogP contribution in [0.25, 0.3) is 0 Å². The maximum atomic E-state index is 10.1. The van der Waals surface area contributed by atoms with Crippen molar-refractivity contribution < 1.29 is 9.59 Å². The lowest BCUT2D eigenvalue weighted by Crippen LogP contribution is -2.15. The Morgan fingerprint density at radius 3 is 1.62 bits per heavy atom. The van der Waals surface area contributed by atoms with E-state index in [9.17, 15) is 9.59 Å². The van der Waals surface area contributed by atoms with Crippen molar-refractivity contribution in [2.45, 2.75) is 12.3 Å². The van der Waals surface area contributed by atoms with E-state index in [1.165, 1.54) is 12.2 Å². The van der Waals surface area contributed by atoms with Crippen LogP contribution in [0.4, 0.5) is 0 Å². The van der Waals surface area contributed by atoms with E-state index in [0.29, 0.717) is 11.1 Å². The predicted molar refractivity (Wildman–Crippen MR) is 56.5 cm³/mol. The third-order valence-electron chi connectivity index (χ3n) is 2.02. The molecule has 1 aromatic carbocycles. The second-order valence-corrected chi connectivity index (χ2v) is 2.96. The molecule has 0 aliphatic rings. The number of benzene rings is 1. The molecular formula is C10H10N4O2. The van der Waals surface area contributed by atoms with Gasteiger partial charge in [-0.15, -0.1) is 0 Å². The zero-order chi connectivity index (χ0) is 12.0. The van der Waals surface area contributed by atoms with Crippen molar-refractivity contribution >= 4 is 12.2 Å². The predicted octanol–water partition coefficient (Wildman–Crippen LogP) is 0.273. The van der Waals surface area contributed by atoms with Crippen molar-refractivity contribution in [1.82, 2.24) is 0 Å². The number of isocyanates is 2. The summed E-state index contributed by atoms with van der Waals surface area (Å²) in [5.74, 6) is 0. The van der Waals surface area contributed by atoms with E-state index in [2.05, 4.69) is 9.98 Å². The van der Waals surface area contributed by atoms with Crippen molar-refractivity contribution in [3.05, 3.63) is 35.4 Å². The third kappa shape index (κ3) is 2.70. The molecule has 1 rings (SSSR count). The molecule has 0 saturated heterocycles. The molecule has 16 heavy (non-hydrogen) atoms. The quantitative estimate of drug-likeness (QED) is 0.558. The summed E-state index contributed by atoms with van der Waals surface area (Å²) in [5.41, 5.74) is 12.3. The second-order valence-electron chi connectivity index (χ2n) is 2.96. The van der Waals surface area contributed by atoms with Crippen molar-refractivity contribution in [2.75, 3.05) is 0 Å². The van der Waals surface area contributed by atoms with Crippen molar-refractivity contribution in [3.8, 4) is 0 Å². The molecule has 0 spiro atoms. The van der Waals surface area contributed by atoms with Crippen molar-refractivity contribution in [2.24, 2.45) is 21.5 Å². The van der Waals surface area contributed by atoms with Crippen LogP contribution in [0.1, 0.15) is 23.5 Å². The first-order valence-corrected chi connectivity index (χ1v) is 4.44. The highest BCUT2D eigenvalue weighted by Gasteiger charge is 2.14. The van der Waals surface area contributed by atoms with Crippen LogP contribution in [0.3, 0.4) is 0 Å². The van der Waals surface area contributed by atoms with E-state index in [0.717, 1.165) is 0 Å². The van der Waals surface area contributed by atoms with Crippen molar-refractivity contribution in [3.63, 3.8) is 0 Å². The van der Waals surface area contributed by atoms with Crippen molar-refractivity contribution in [1.29, 1.82) is 0 Å². The summed E-state index contributed by atoms with van der Waals surface area (Å²) >= 11 is 0. The Balaban J connectivity index is 3.18. The molecule has 0 aliphatic carbocycles. The molecule has 0 fully saturated rings. The monoisotopic (exact) mass is 218 g/mol. The van der Waals surface area contributed by atoms with Crippen LogP contribution >= 0.6 is 0 Å². The largest absolute Gasteiger partial charge is 0.305 e. The van der Waals surface area contributed by atoms with Crippen LogP contribution in [0, 0.1) is 0 Å². The van der Waals surface area contributed by atoms with Gasteiger partial charge in [-0.2, -0.15) is 9.98 Å². The Kier molecular flexibility index (Phi) is 4.27. The van der Waals surface area contributed by atoms with Gasteiger partial charge in [-0.05, 0) is 11.1 Å². The number of carbonyl (C=O) groups excluding carboxylic acids is 2. The molecular weight excluding hydrogens is 208 g/mol. The van der Waals surface area contributed by atoms with Gasteiger partial charge < -0.3 is 11.5 Å². The first-order chi connectivity index (χ1) is 7.70. The number of aliphatic imine (C=N–C) groups is 2. The molecule has 6 nitrogen and oxygen atoms in total. The molecule has 0 aliphatic heterocycles. The average molecular weight is 218 g/mol. The van der Waals surface area contributed by atoms with E-state index in [-0.39, 0.29) is 0 Å². The van der Waals surface area contributed by atoms with Gasteiger partial charge in [0, 0.05) is 0 Å². The number of rotatable bonds is 4. The normalized spacial score (nSPS) is 13.1. The molecule has 0 bridgehead atoms. The number of nitrogens with zero attached hydrogens (tertiary/aromatic N) is 2. The standard InChI is InChI=1S/C10H10N4O2/c11-9(13-5-15)7-3-1-2-4-8(7)10(12)14-6-16/h1-4,9-10H,11-12H2. The van der Waals surface area contributed by atoms with Crippen LogP contribution in [0.5, 0.6) is 0 Å². The molecule has 82 valence electrons. The molecule has 0 saturated carbocycles. The smallest absolute Gasteiger partial charge is 0.236 e. The molecule has 0 radical (unpaired) electrons. The Morgan fingerprint density at radius 1 is 0.938 bits per heavy atom. The summed E-state index contributed by atoms with van der Waals surface area (Å²) in [5, 5.41) is 0. The highest BCUT2D eigenvalue weighted by Crippen LogP contribution is 2.22. The minimum atomic E-state index is -0.860. The van der Waals surface area contributed by atoms with Gasteiger partial charge in [0.2, 0.25) is 12.2 Å². The van der Waals surface area contributed by atoms with Gasteiger partial charge in [0.15, 0.2) is 0 Å². The maximum Gasteiger partial charge on any atom is 0.236 e. The summed E-state index contributed by atoms with van der Waals surface area (Å²) < 4.78 is 0. The molecule has 0 amide bonds. The van der Waals surface area contributed by atoms with Gasteiger partial charge in [-0.3, -0.25) is 0 Å². The first-order valence-electron chi connectivity index (χ1n) is 4.44. The summed E-state index contributed by atoms with van der Waals surface area (Å²) in [6.07, 6.45) is 1.01. The van der Waals surface area contributed by atoms with E-state index >= 15 is 0 Å². The Labute approximate surface area is 91.7 Å². The van der Waals surface area contributed by atoms with E-state index in [1.807, 2.05) is 0 Å². The van der Waals surface area contributed by atoms with Gasteiger partial charge in [-0.25, -0.2) is 9.59 Å². The number of nitrogens with two attached hydrogens (primary N) is 2. The van der Waals surface area contributed by atoms with Crippen LogP contribution in [0.15, 0.2) is 34.3 Å². The van der Waals surface area contributed by atoms with Gasteiger partial charge >= 0.3 is 0 Å². The van der Waals surface area contributed by atoms with Crippen LogP contribution in [-0.4, -0.2) is 12.2 Å². The highest BCUT2D eigenvalue weighted by atomic mass is 16.1. The van der Waals surface area contributed by atoms with Crippen LogP contribution < -0.4 is 11.5 Å². The Hall–Kier alpha value is -2.10. The second kappa shape index (κ2) is 5.70. The molecule has 1 aromatic rings. The summed E-state index contributed by atoms with van der Waals surface area (Å²) in [4.78, 5) is 27.0. The van der Waals surface area contributed by atoms with E-state index in [1.54, 1.807) is 24.3 Å². The van der Waals surface area contributed by atoms with Gasteiger partial charge in [-0.1, -0.05) is 24.3 Å². The molecule has 0 heterocycles. The fourth-order valence-electron chi connectivity index (χ4n) is 1.30. The van der Waals surface area contributed by atoms with Gasteiger partial charge in [0.1, 0.15) is 12.3 Å². The Bertz CT molecular complexity index is 419. The lowest BCUT2D eigenvalue weighted by Gasteiger charge is -2.13. The zero-order valence-corrected chi connectivity index (χ0v) is 8.33. The lowest BCUT2D eigenvalue weighted by molar-refractivity contribution is 0.555. The molecule has 2 atom stereocenters. The minimum absolute atomic E-state index is 0.525. The van der Waals surface area contributed by atoms with E-state index in [4.69, 9.17) is 11.5 Å². The molecule has 2 unspecified atom stereocenters.